The Morgan fingerprint density at radius 3 is 2.48 bits per heavy atom. The monoisotopic (exact) mass is 381 g/mol. The molecule has 0 heterocycles. The molecule has 0 radical (unpaired) electrons. The van der Waals surface area contributed by atoms with Gasteiger partial charge in [-0.05, 0) is 55.0 Å². The standard InChI is InChI=1S/C18H14Cl2FNO3/c1-11(18(24)22-15-7-5-14(21)6-8-15)25-17(23)9-3-12-2-4-13(19)10-16(12)20/h2-11H,1H3,(H,22,24)/b9-3+/t11-/m0/s1. The molecule has 0 aliphatic carbocycles. The number of hydrogen-bond acceptors (Lipinski definition) is 3. The molecule has 0 aliphatic heterocycles. The van der Waals surface area contributed by atoms with Crippen molar-refractivity contribution in [3.05, 3.63) is 70.0 Å². The van der Waals surface area contributed by atoms with Gasteiger partial charge in [0.1, 0.15) is 5.82 Å². The third-order valence-electron chi connectivity index (χ3n) is 3.14. The van der Waals surface area contributed by atoms with E-state index in [9.17, 15) is 14.0 Å². The molecule has 2 aromatic carbocycles. The predicted octanol–water partition coefficient (Wildman–Crippen LogP) is 4.72. The first kappa shape index (κ1) is 19.0. The average molecular weight is 382 g/mol. The lowest BCUT2D eigenvalue weighted by Crippen LogP contribution is -2.29. The normalized spacial score (nSPS) is 12.0. The maximum atomic E-state index is 12.8. The first-order valence-electron chi connectivity index (χ1n) is 7.25. The van der Waals surface area contributed by atoms with Gasteiger partial charge in [0.25, 0.3) is 5.91 Å². The third kappa shape index (κ3) is 5.89. The van der Waals surface area contributed by atoms with E-state index in [2.05, 4.69) is 5.32 Å². The number of nitrogens with one attached hydrogen (secondary N) is 1. The second-order valence-corrected chi connectivity index (χ2v) is 5.92. The van der Waals surface area contributed by atoms with Crippen LogP contribution in [0.1, 0.15) is 12.5 Å². The number of rotatable bonds is 5. The Morgan fingerprint density at radius 2 is 1.84 bits per heavy atom. The molecule has 25 heavy (non-hydrogen) atoms. The molecule has 0 fully saturated rings. The number of ether oxygens (including phenoxy) is 1. The summed E-state index contributed by atoms with van der Waals surface area (Å²) in [5.74, 6) is -1.64. The number of halogens is 3. The molecule has 0 saturated carbocycles. The van der Waals surface area contributed by atoms with Crippen LogP contribution in [0.4, 0.5) is 10.1 Å². The molecule has 0 bridgehead atoms. The summed E-state index contributed by atoms with van der Waals surface area (Å²) in [7, 11) is 0. The topological polar surface area (TPSA) is 55.4 Å². The Labute approximate surface area is 154 Å². The highest BCUT2D eigenvalue weighted by molar-refractivity contribution is 6.35. The molecule has 0 aromatic heterocycles. The van der Waals surface area contributed by atoms with Gasteiger partial charge in [0.15, 0.2) is 6.10 Å². The van der Waals surface area contributed by atoms with Crippen LogP contribution in [0.3, 0.4) is 0 Å². The number of hydrogen-bond donors (Lipinski definition) is 1. The Balaban J connectivity index is 1.91. The van der Waals surface area contributed by atoms with Crippen molar-refractivity contribution in [3.63, 3.8) is 0 Å². The van der Waals surface area contributed by atoms with Gasteiger partial charge >= 0.3 is 5.97 Å². The summed E-state index contributed by atoms with van der Waals surface area (Å²) in [5.41, 5.74) is 0.990. The first-order chi connectivity index (χ1) is 11.8. The van der Waals surface area contributed by atoms with Crippen molar-refractivity contribution in [1.82, 2.24) is 0 Å². The number of carbonyl (C=O) groups excluding carboxylic acids is 2. The smallest absolute Gasteiger partial charge is 0.331 e. The van der Waals surface area contributed by atoms with Gasteiger partial charge < -0.3 is 10.1 Å². The van der Waals surface area contributed by atoms with Crippen LogP contribution >= 0.6 is 23.2 Å². The lowest BCUT2D eigenvalue weighted by molar-refractivity contribution is -0.148. The van der Waals surface area contributed by atoms with Crippen molar-refractivity contribution in [2.75, 3.05) is 5.32 Å². The number of anilines is 1. The predicted molar refractivity (Wildman–Crippen MR) is 96.1 cm³/mol. The van der Waals surface area contributed by atoms with E-state index in [0.717, 1.165) is 6.08 Å². The van der Waals surface area contributed by atoms with Gasteiger partial charge in [0.2, 0.25) is 0 Å². The lowest BCUT2D eigenvalue weighted by atomic mass is 10.2. The fourth-order valence-electron chi connectivity index (χ4n) is 1.84. The molecule has 0 saturated heterocycles. The van der Waals surface area contributed by atoms with Gasteiger partial charge in [-0.1, -0.05) is 29.3 Å². The molecule has 7 heteroatoms. The highest BCUT2D eigenvalue weighted by Gasteiger charge is 2.16. The second kappa shape index (κ2) is 8.65. The first-order valence-corrected chi connectivity index (χ1v) is 8.01. The summed E-state index contributed by atoms with van der Waals surface area (Å²) in [5, 5.41) is 3.39. The van der Waals surface area contributed by atoms with Gasteiger partial charge in [-0.25, -0.2) is 9.18 Å². The van der Waals surface area contributed by atoms with Gasteiger partial charge in [0, 0.05) is 21.8 Å². The van der Waals surface area contributed by atoms with Crippen molar-refractivity contribution in [1.29, 1.82) is 0 Å². The van der Waals surface area contributed by atoms with Crippen molar-refractivity contribution in [2.45, 2.75) is 13.0 Å². The summed E-state index contributed by atoms with van der Waals surface area (Å²) in [4.78, 5) is 23.8. The minimum atomic E-state index is -1.03. The SMILES string of the molecule is C[C@H](OC(=O)/C=C/c1ccc(Cl)cc1Cl)C(=O)Nc1ccc(F)cc1. The molecule has 1 N–H and O–H groups in total. The highest BCUT2D eigenvalue weighted by Crippen LogP contribution is 2.22. The van der Waals surface area contributed by atoms with E-state index in [4.69, 9.17) is 27.9 Å². The van der Waals surface area contributed by atoms with Crippen LogP contribution in [0, 0.1) is 5.82 Å². The van der Waals surface area contributed by atoms with Crippen LogP contribution < -0.4 is 5.32 Å². The van der Waals surface area contributed by atoms with E-state index < -0.39 is 23.8 Å². The van der Waals surface area contributed by atoms with E-state index in [1.807, 2.05) is 0 Å². The number of benzene rings is 2. The number of esters is 1. The van der Waals surface area contributed by atoms with E-state index in [1.54, 1.807) is 18.2 Å². The lowest BCUT2D eigenvalue weighted by Gasteiger charge is -2.12. The quantitative estimate of drug-likeness (QED) is 0.602. The zero-order valence-corrected chi connectivity index (χ0v) is 14.6. The second-order valence-electron chi connectivity index (χ2n) is 5.07. The molecule has 1 atom stereocenters. The maximum Gasteiger partial charge on any atom is 0.331 e. The summed E-state index contributed by atoms with van der Waals surface area (Å²) >= 11 is 11.8. The third-order valence-corrected chi connectivity index (χ3v) is 3.70. The van der Waals surface area contributed by atoms with Crippen LogP contribution in [0.2, 0.25) is 10.0 Å². The average Bonchev–Trinajstić information content (AvgIpc) is 2.56. The van der Waals surface area contributed by atoms with Crippen LogP contribution in [0.15, 0.2) is 48.5 Å². The number of amides is 1. The fraction of sp³-hybridized carbons (Fsp3) is 0.111. The molecule has 2 aromatic rings. The molecule has 130 valence electrons. The van der Waals surface area contributed by atoms with Gasteiger partial charge in [-0.2, -0.15) is 0 Å². The van der Waals surface area contributed by atoms with Crippen LogP contribution in [-0.2, 0) is 14.3 Å². The fourth-order valence-corrected chi connectivity index (χ4v) is 2.31. The van der Waals surface area contributed by atoms with Crippen molar-refractivity contribution in [2.24, 2.45) is 0 Å². The van der Waals surface area contributed by atoms with Gasteiger partial charge in [-0.15, -0.1) is 0 Å². The molecule has 0 spiro atoms. The zero-order chi connectivity index (χ0) is 18.4. The maximum absolute atomic E-state index is 12.8. The molecule has 4 nitrogen and oxygen atoms in total. The van der Waals surface area contributed by atoms with Gasteiger partial charge in [0.05, 0.1) is 0 Å². The Kier molecular flexibility index (Phi) is 6.56. The van der Waals surface area contributed by atoms with Crippen molar-refractivity contribution >= 4 is 46.8 Å². The van der Waals surface area contributed by atoms with Crippen molar-refractivity contribution in [3.8, 4) is 0 Å². The highest BCUT2D eigenvalue weighted by atomic mass is 35.5. The van der Waals surface area contributed by atoms with Crippen molar-refractivity contribution < 1.29 is 18.7 Å². The minimum Gasteiger partial charge on any atom is -0.449 e. The summed E-state index contributed by atoms with van der Waals surface area (Å²) in [6.45, 7) is 1.43. The summed E-state index contributed by atoms with van der Waals surface area (Å²) in [6, 6.07) is 10.1. The van der Waals surface area contributed by atoms with Crippen LogP contribution in [-0.4, -0.2) is 18.0 Å². The van der Waals surface area contributed by atoms with Gasteiger partial charge in [-0.3, -0.25) is 4.79 Å². The Hall–Kier alpha value is -2.37. The minimum absolute atomic E-state index is 0.388. The molecular weight excluding hydrogens is 368 g/mol. The molecular formula is C18H14Cl2FNO3. The van der Waals surface area contributed by atoms with Crippen LogP contribution in [0.25, 0.3) is 6.08 Å². The molecule has 1 amide bonds. The van der Waals surface area contributed by atoms with E-state index in [1.165, 1.54) is 37.3 Å². The van der Waals surface area contributed by atoms with E-state index in [-0.39, 0.29) is 0 Å². The van der Waals surface area contributed by atoms with Crippen LogP contribution in [0.5, 0.6) is 0 Å². The summed E-state index contributed by atoms with van der Waals surface area (Å²) < 4.78 is 17.8. The van der Waals surface area contributed by atoms with E-state index >= 15 is 0 Å². The Morgan fingerprint density at radius 1 is 1.16 bits per heavy atom. The molecule has 0 aliphatic rings. The summed E-state index contributed by atoms with van der Waals surface area (Å²) in [6.07, 6.45) is 1.60. The molecule has 2 rings (SSSR count). The number of carbonyl (C=O) groups is 2. The largest absolute Gasteiger partial charge is 0.449 e. The molecule has 0 unspecified atom stereocenters. The Bertz CT molecular complexity index is 806. The zero-order valence-electron chi connectivity index (χ0n) is 13.1. The van der Waals surface area contributed by atoms with E-state index in [0.29, 0.717) is 21.3 Å².